The Morgan fingerprint density at radius 3 is 2.65 bits per heavy atom. The summed E-state index contributed by atoms with van der Waals surface area (Å²) in [5.74, 6) is 0.0107. The minimum Gasteiger partial charge on any atom is -0.340 e. The minimum atomic E-state index is -0.811. The van der Waals surface area contributed by atoms with Crippen LogP contribution in [-0.2, 0) is 16.1 Å². The molecule has 0 radical (unpaired) electrons. The van der Waals surface area contributed by atoms with Crippen LogP contribution in [0.5, 0.6) is 0 Å². The van der Waals surface area contributed by atoms with Crippen LogP contribution in [0.2, 0.25) is 0 Å². The first-order chi connectivity index (χ1) is 9.46. The number of nitrogens with zero attached hydrogens (tertiary/aromatic N) is 2. The molecule has 6 heteroatoms. The van der Waals surface area contributed by atoms with Crippen LogP contribution in [0.25, 0.3) is 0 Å². The molecule has 1 spiro atoms. The number of hydrogen-bond donors (Lipinski definition) is 1. The van der Waals surface area contributed by atoms with Crippen molar-refractivity contribution in [1.82, 2.24) is 15.2 Å². The highest BCUT2D eigenvalue weighted by Crippen LogP contribution is 2.38. The third-order valence-electron chi connectivity index (χ3n) is 4.49. The maximum absolute atomic E-state index is 12.9. The molecule has 0 unspecified atom stereocenters. The molecule has 1 saturated heterocycles. The van der Waals surface area contributed by atoms with E-state index in [1.165, 1.54) is 11.3 Å². The Bertz CT molecular complexity index is 533. The largest absolute Gasteiger partial charge is 0.340 e. The Hall–Kier alpha value is -1.43. The fourth-order valence-electron chi connectivity index (χ4n) is 3.12. The van der Waals surface area contributed by atoms with Gasteiger partial charge in [0.25, 0.3) is 0 Å². The van der Waals surface area contributed by atoms with E-state index < -0.39 is 11.1 Å². The Morgan fingerprint density at radius 1 is 1.35 bits per heavy atom. The average Bonchev–Trinajstić information content (AvgIpc) is 3.05. The third kappa shape index (κ3) is 1.93. The Kier molecular flexibility index (Phi) is 3.08. The van der Waals surface area contributed by atoms with Gasteiger partial charge in [-0.3, -0.25) is 14.6 Å². The van der Waals surface area contributed by atoms with Crippen molar-refractivity contribution >= 4 is 23.2 Å². The zero-order chi connectivity index (χ0) is 14.4. The van der Waals surface area contributed by atoms with Crippen molar-refractivity contribution in [3.63, 3.8) is 0 Å². The number of piperazine rings is 1. The summed E-state index contributed by atoms with van der Waals surface area (Å²) in [4.78, 5) is 32.2. The quantitative estimate of drug-likeness (QED) is 0.902. The van der Waals surface area contributed by atoms with Crippen molar-refractivity contribution < 1.29 is 9.59 Å². The van der Waals surface area contributed by atoms with E-state index >= 15 is 0 Å². The van der Waals surface area contributed by atoms with Gasteiger partial charge in [0.2, 0.25) is 11.8 Å². The summed E-state index contributed by atoms with van der Waals surface area (Å²) in [7, 11) is 0. The average molecular weight is 293 g/mol. The molecule has 1 saturated carbocycles. The topological polar surface area (TPSA) is 62.3 Å². The lowest BCUT2D eigenvalue weighted by atomic mass is 9.86. The standard InChI is InChI=1S/C14H19N3O2S/c1-13(2)11(18)16-14(5-3-4-6-14)12(19)17(13)8-10-7-15-9-20-10/h7,9H,3-6,8H2,1-2H3,(H,16,18). The first-order valence-corrected chi connectivity index (χ1v) is 7.86. The van der Waals surface area contributed by atoms with Gasteiger partial charge in [0.1, 0.15) is 11.1 Å². The molecule has 2 heterocycles. The van der Waals surface area contributed by atoms with Gasteiger partial charge in [-0.1, -0.05) is 12.8 Å². The van der Waals surface area contributed by atoms with Gasteiger partial charge in [0.15, 0.2) is 0 Å². The van der Waals surface area contributed by atoms with Crippen molar-refractivity contribution in [2.24, 2.45) is 0 Å². The highest BCUT2D eigenvalue weighted by Gasteiger charge is 2.55. The van der Waals surface area contributed by atoms with E-state index in [4.69, 9.17) is 0 Å². The molecule has 1 aromatic heterocycles. The first-order valence-electron chi connectivity index (χ1n) is 6.98. The van der Waals surface area contributed by atoms with Crippen molar-refractivity contribution in [1.29, 1.82) is 0 Å². The lowest BCUT2D eigenvalue weighted by Gasteiger charge is -2.48. The zero-order valence-electron chi connectivity index (χ0n) is 11.8. The van der Waals surface area contributed by atoms with Crippen LogP contribution >= 0.6 is 11.3 Å². The monoisotopic (exact) mass is 293 g/mol. The number of aromatic nitrogens is 1. The number of carbonyl (C=O) groups is 2. The summed E-state index contributed by atoms with van der Waals surface area (Å²) in [5.41, 5.74) is 0.286. The van der Waals surface area contributed by atoms with Crippen molar-refractivity contribution in [2.75, 3.05) is 0 Å². The molecule has 2 aliphatic rings. The summed E-state index contributed by atoms with van der Waals surface area (Å²) in [5, 5.41) is 3.00. The number of rotatable bonds is 2. The van der Waals surface area contributed by atoms with Gasteiger partial charge < -0.3 is 10.2 Å². The number of thiazole rings is 1. The van der Waals surface area contributed by atoms with E-state index in [2.05, 4.69) is 10.3 Å². The van der Waals surface area contributed by atoms with Crippen molar-refractivity contribution in [2.45, 2.75) is 57.2 Å². The van der Waals surface area contributed by atoms with Crippen LogP contribution in [0.4, 0.5) is 0 Å². The molecule has 0 atom stereocenters. The van der Waals surface area contributed by atoms with Crippen LogP contribution < -0.4 is 5.32 Å². The molecule has 108 valence electrons. The molecule has 1 aromatic rings. The minimum absolute atomic E-state index is 0.0523. The fourth-order valence-corrected chi connectivity index (χ4v) is 3.70. The molecule has 1 aliphatic heterocycles. The van der Waals surface area contributed by atoms with Crippen molar-refractivity contribution in [3.8, 4) is 0 Å². The molecule has 2 fully saturated rings. The van der Waals surface area contributed by atoms with Gasteiger partial charge in [0, 0.05) is 11.1 Å². The molecule has 2 amide bonds. The molecular formula is C14H19N3O2S. The van der Waals surface area contributed by atoms with Gasteiger partial charge in [-0.2, -0.15) is 0 Å². The van der Waals surface area contributed by atoms with Gasteiger partial charge in [0.05, 0.1) is 12.1 Å². The Morgan fingerprint density at radius 2 is 2.05 bits per heavy atom. The molecule has 1 aliphatic carbocycles. The predicted molar refractivity (Wildman–Crippen MR) is 76.1 cm³/mol. The van der Waals surface area contributed by atoms with Gasteiger partial charge in [-0.25, -0.2) is 0 Å². The molecule has 0 bridgehead atoms. The fraction of sp³-hybridized carbons (Fsp3) is 0.643. The van der Waals surface area contributed by atoms with E-state index in [1.54, 1.807) is 16.6 Å². The Balaban J connectivity index is 1.94. The predicted octanol–water partition coefficient (Wildman–Crippen LogP) is 1.69. The molecule has 5 nitrogen and oxygen atoms in total. The molecular weight excluding hydrogens is 274 g/mol. The van der Waals surface area contributed by atoms with Crippen LogP contribution in [0.1, 0.15) is 44.4 Å². The summed E-state index contributed by atoms with van der Waals surface area (Å²) in [6.45, 7) is 4.08. The van der Waals surface area contributed by atoms with Crippen LogP contribution in [-0.4, -0.2) is 32.8 Å². The zero-order valence-corrected chi connectivity index (χ0v) is 12.6. The molecule has 20 heavy (non-hydrogen) atoms. The number of nitrogens with one attached hydrogen (secondary N) is 1. The second kappa shape index (κ2) is 4.55. The Labute approximate surface area is 122 Å². The summed E-state index contributed by atoms with van der Waals surface area (Å²) in [6.07, 6.45) is 5.28. The smallest absolute Gasteiger partial charge is 0.249 e. The molecule has 1 N–H and O–H groups in total. The van der Waals surface area contributed by atoms with Crippen LogP contribution in [0, 0.1) is 0 Å². The maximum atomic E-state index is 12.9. The van der Waals surface area contributed by atoms with Crippen LogP contribution in [0.15, 0.2) is 11.7 Å². The van der Waals surface area contributed by atoms with E-state index in [9.17, 15) is 9.59 Å². The second-order valence-electron chi connectivity index (χ2n) is 6.16. The van der Waals surface area contributed by atoms with Gasteiger partial charge in [-0.15, -0.1) is 11.3 Å². The van der Waals surface area contributed by atoms with Gasteiger partial charge >= 0.3 is 0 Å². The van der Waals surface area contributed by atoms with E-state index in [1.807, 2.05) is 13.8 Å². The summed E-state index contributed by atoms with van der Waals surface area (Å²) in [6, 6.07) is 0. The normalized spacial score (nSPS) is 24.2. The summed E-state index contributed by atoms with van der Waals surface area (Å²) >= 11 is 1.51. The van der Waals surface area contributed by atoms with Gasteiger partial charge in [-0.05, 0) is 26.7 Å². The van der Waals surface area contributed by atoms with Crippen molar-refractivity contribution in [3.05, 3.63) is 16.6 Å². The summed E-state index contributed by atoms with van der Waals surface area (Å²) < 4.78 is 0. The lowest BCUT2D eigenvalue weighted by molar-refractivity contribution is -0.161. The SMILES string of the molecule is CC1(C)C(=O)NC2(CCCC2)C(=O)N1Cc1cncs1. The maximum Gasteiger partial charge on any atom is 0.249 e. The number of hydrogen-bond acceptors (Lipinski definition) is 4. The number of amides is 2. The molecule has 0 aromatic carbocycles. The highest BCUT2D eigenvalue weighted by atomic mass is 32.1. The lowest BCUT2D eigenvalue weighted by Crippen LogP contribution is -2.73. The second-order valence-corrected chi connectivity index (χ2v) is 7.13. The van der Waals surface area contributed by atoms with Crippen LogP contribution in [0.3, 0.4) is 0 Å². The highest BCUT2D eigenvalue weighted by molar-refractivity contribution is 7.09. The van der Waals surface area contributed by atoms with E-state index in [-0.39, 0.29) is 11.8 Å². The van der Waals surface area contributed by atoms with E-state index in [0.29, 0.717) is 6.54 Å². The first kappa shape index (κ1) is 13.5. The third-order valence-corrected chi connectivity index (χ3v) is 5.26. The number of carbonyl (C=O) groups excluding carboxylic acids is 2. The van der Waals surface area contributed by atoms with E-state index in [0.717, 1.165) is 30.6 Å². The molecule has 3 rings (SSSR count).